The Morgan fingerprint density at radius 1 is 1.19 bits per heavy atom. The van der Waals surface area contributed by atoms with Gasteiger partial charge in [0.15, 0.2) is 5.65 Å². The van der Waals surface area contributed by atoms with Crippen molar-refractivity contribution in [3.8, 4) is 16.9 Å². The molecule has 1 amide bonds. The number of rotatable bonds is 7. The molecular weight excluding hydrogens is 554 g/mol. The molecule has 0 N–H and O–H groups in total. The highest BCUT2D eigenvalue weighted by Gasteiger charge is 2.31. The maximum absolute atomic E-state index is 16.1. The van der Waals surface area contributed by atoms with Crippen LogP contribution >= 0.6 is 0 Å². The number of aryl methyl sites for hydroxylation is 1. The van der Waals surface area contributed by atoms with E-state index in [0.717, 1.165) is 5.56 Å². The fraction of sp³-hybridized carbons (Fsp3) is 0.344. The first-order valence-corrected chi connectivity index (χ1v) is 14.1. The van der Waals surface area contributed by atoms with Crippen LogP contribution in [0.15, 0.2) is 54.0 Å². The summed E-state index contributed by atoms with van der Waals surface area (Å²) in [4.78, 5) is 43.5. The molecule has 1 aliphatic heterocycles. The Hall–Kier alpha value is -4.51. The number of carbonyl (C=O) groups is 1. The number of piperazine rings is 1. The van der Waals surface area contributed by atoms with Crippen LogP contribution in [0.4, 0.5) is 14.6 Å². The van der Waals surface area contributed by atoms with Gasteiger partial charge in [0.25, 0.3) is 0 Å². The smallest absolute Gasteiger partial charge is 0.355 e. The number of halogens is 2. The molecule has 43 heavy (non-hydrogen) atoms. The molecule has 1 unspecified atom stereocenters. The van der Waals surface area contributed by atoms with Crippen LogP contribution in [-0.2, 0) is 16.1 Å². The van der Waals surface area contributed by atoms with E-state index in [2.05, 4.69) is 21.5 Å². The summed E-state index contributed by atoms with van der Waals surface area (Å²) in [5, 5.41) is 0.277. The van der Waals surface area contributed by atoms with Gasteiger partial charge in [0.1, 0.15) is 23.1 Å². The van der Waals surface area contributed by atoms with Crippen LogP contribution in [0.3, 0.4) is 0 Å². The van der Waals surface area contributed by atoms with Crippen molar-refractivity contribution in [1.29, 1.82) is 0 Å². The van der Waals surface area contributed by atoms with Crippen molar-refractivity contribution in [2.75, 3.05) is 31.6 Å². The van der Waals surface area contributed by atoms with E-state index in [1.165, 1.54) is 36.0 Å². The summed E-state index contributed by atoms with van der Waals surface area (Å²) in [6.07, 6.45) is 2.94. The molecule has 4 heterocycles. The Balaban J connectivity index is 1.84. The lowest BCUT2D eigenvalue weighted by Crippen LogP contribution is -2.54. The molecule has 4 aromatic rings. The fourth-order valence-corrected chi connectivity index (χ4v) is 5.70. The van der Waals surface area contributed by atoms with E-state index < -0.39 is 17.3 Å². The topological polar surface area (TPSA) is 93.5 Å². The van der Waals surface area contributed by atoms with Crippen LogP contribution in [0.2, 0.25) is 0 Å². The SMILES string of the molecule is C=CC(=O)N1CCN(c2nc(=O)n(-c3c(C)ccnc3C(C)C)c3nc(-c4c(F)cccc4COC)c(F)cc23)C(C)C1. The van der Waals surface area contributed by atoms with Gasteiger partial charge >= 0.3 is 5.69 Å². The second kappa shape index (κ2) is 12.0. The molecular formula is C32H34F2N6O3. The number of methoxy groups -OCH3 is 1. The van der Waals surface area contributed by atoms with Gasteiger partial charge in [-0.2, -0.15) is 4.98 Å². The lowest BCUT2D eigenvalue weighted by Gasteiger charge is -2.40. The highest BCUT2D eigenvalue weighted by molar-refractivity contribution is 5.91. The standard InChI is InChI=1S/C32H34F2N6O3/c1-7-25(41)38-13-14-39(20(5)16-38)30-22-15-24(34)28(26-21(17-43-6)9-8-10-23(26)33)36-31(22)40(32(42)37-30)29-19(4)11-12-35-27(29)18(2)3/h7-12,15,18,20H,1,13-14,16-17H2,2-6H3. The van der Waals surface area contributed by atoms with Gasteiger partial charge in [-0.25, -0.2) is 23.1 Å². The van der Waals surface area contributed by atoms with E-state index in [9.17, 15) is 9.59 Å². The van der Waals surface area contributed by atoms with E-state index in [1.807, 2.05) is 32.6 Å². The zero-order valence-electron chi connectivity index (χ0n) is 24.9. The van der Waals surface area contributed by atoms with Gasteiger partial charge < -0.3 is 14.5 Å². The molecule has 0 spiro atoms. The molecule has 9 nitrogen and oxygen atoms in total. The molecule has 3 aromatic heterocycles. The van der Waals surface area contributed by atoms with Crippen molar-refractivity contribution in [2.24, 2.45) is 0 Å². The normalized spacial score (nSPS) is 15.4. The van der Waals surface area contributed by atoms with Gasteiger partial charge in [-0.3, -0.25) is 9.78 Å². The molecule has 11 heteroatoms. The zero-order valence-corrected chi connectivity index (χ0v) is 24.9. The Bertz CT molecular complexity index is 1790. The Labute approximate surface area is 248 Å². The molecule has 0 bridgehead atoms. The number of carbonyl (C=O) groups excluding carboxylic acids is 1. The molecule has 1 aromatic carbocycles. The van der Waals surface area contributed by atoms with E-state index in [0.29, 0.717) is 36.6 Å². The molecule has 1 fully saturated rings. The maximum Gasteiger partial charge on any atom is 0.355 e. The van der Waals surface area contributed by atoms with Gasteiger partial charge in [0.2, 0.25) is 5.91 Å². The maximum atomic E-state index is 16.1. The van der Waals surface area contributed by atoms with Crippen molar-refractivity contribution in [3.05, 3.63) is 88.1 Å². The minimum absolute atomic E-state index is 0.0328. The van der Waals surface area contributed by atoms with E-state index in [4.69, 9.17) is 4.74 Å². The van der Waals surface area contributed by atoms with Crippen LogP contribution in [0.1, 0.15) is 43.5 Å². The van der Waals surface area contributed by atoms with Gasteiger partial charge in [-0.05, 0) is 55.2 Å². The minimum Gasteiger partial charge on any atom is -0.380 e. The number of hydrogen-bond donors (Lipinski definition) is 0. The summed E-state index contributed by atoms with van der Waals surface area (Å²) in [5.74, 6) is -1.46. The fourth-order valence-electron chi connectivity index (χ4n) is 5.70. The van der Waals surface area contributed by atoms with Gasteiger partial charge in [0.05, 0.1) is 23.4 Å². The van der Waals surface area contributed by atoms with Gasteiger partial charge in [-0.1, -0.05) is 32.6 Å². The van der Waals surface area contributed by atoms with Crippen LogP contribution in [0.5, 0.6) is 0 Å². The third-order valence-corrected chi connectivity index (χ3v) is 7.75. The lowest BCUT2D eigenvalue weighted by atomic mass is 10.0. The number of pyridine rings is 2. The number of fused-ring (bicyclic) bond motifs is 1. The summed E-state index contributed by atoms with van der Waals surface area (Å²) >= 11 is 0. The summed E-state index contributed by atoms with van der Waals surface area (Å²) in [7, 11) is 1.47. The Kier molecular flexibility index (Phi) is 8.36. The zero-order chi connectivity index (χ0) is 31.0. The largest absolute Gasteiger partial charge is 0.380 e. The van der Waals surface area contributed by atoms with E-state index in [1.54, 1.807) is 23.2 Å². The average Bonchev–Trinajstić information content (AvgIpc) is 2.97. The molecule has 0 radical (unpaired) electrons. The van der Waals surface area contributed by atoms with Crippen molar-refractivity contribution >= 4 is 22.8 Å². The summed E-state index contributed by atoms with van der Waals surface area (Å²) in [5.41, 5.74) is 1.50. The summed E-state index contributed by atoms with van der Waals surface area (Å²) < 4.78 is 38.0. The monoisotopic (exact) mass is 588 g/mol. The van der Waals surface area contributed by atoms with Crippen molar-refractivity contribution in [3.63, 3.8) is 0 Å². The molecule has 1 saturated heterocycles. The second-order valence-electron chi connectivity index (χ2n) is 11.0. The van der Waals surface area contributed by atoms with Gasteiger partial charge in [0, 0.05) is 44.5 Å². The predicted octanol–water partition coefficient (Wildman–Crippen LogP) is 4.92. The highest BCUT2D eigenvalue weighted by Crippen LogP contribution is 2.35. The number of benzene rings is 1. The molecule has 1 atom stereocenters. The van der Waals surface area contributed by atoms with Crippen molar-refractivity contribution < 1.29 is 18.3 Å². The summed E-state index contributed by atoms with van der Waals surface area (Å²) in [6.45, 7) is 12.4. The molecule has 5 rings (SSSR count). The predicted molar refractivity (Wildman–Crippen MR) is 161 cm³/mol. The number of nitrogens with zero attached hydrogens (tertiary/aromatic N) is 6. The van der Waals surface area contributed by atoms with Crippen LogP contribution in [0, 0.1) is 18.6 Å². The molecule has 0 aliphatic carbocycles. The van der Waals surface area contributed by atoms with Crippen LogP contribution < -0.4 is 10.6 Å². The molecule has 0 saturated carbocycles. The third kappa shape index (κ3) is 5.40. The van der Waals surface area contributed by atoms with E-state index >= 15 is 8.78 Å². The minimum atomic E-state index is -0.775. The first-order chi connectivity index (χ1) is 20.6. The molecule has 224 valence electrons. The van der Waals surface area contributed by atoms with Crippen LogP contribution in [0.25, 0.3) is 28.0 Å². The first kappa shape index (κ1) is 30.0. The van der Waals surface area contributed by atoms with Gasteiger partial charge in [-0.15, -0.1) is 0 Å². The quantitative estimate of drug-likeness (QED) is 0.283. The lowest BCUT2D eigenvalue weighted by molar-refractivity contribution is -0.126. The number of anilines is 1. The van der Waals surface area contributed by atoms with Crippen molar-refractivity contribution in [2.45, 2.75) is 46.3 Å². The van der Waals surface area contributed by atoms with Crippen LogP contribution in [-0.4, -0.2) is 63.1 Å². The Morgan fingerprint density at radius 2 is 1.95 bits per heavy atom. The summed E-state index contributed by atoms with van der Waals surface area (Å²) in [6, 6.07) is 7.19. The Morgan fingerprint density at radius 3 is 2.63 bits per heavy atom. The second-order valence-corrected chi connectivity index (χ2v) is 11.0. The number of amides is 1. The number of aromatic nitrogens is 4. The van der Waals surface area contributed by atoms with E-state index in [-0.39, 0.29) is 52.6 Å². The average molecular weight is 589 g/mol. The highest BCUT2D eigenvalue weighted by atomic mass is 19.1. The van der Waals surface area contributed by atoms with Crippen molar-refractivity contribution in [1.82, 2.24) is 24.4 Å². The number of ether oxygens (including phenoxy) is 1. The number of hydrogen-bond acceptors (Lipinski definition) is 7. The molecule has 1 aliphatic rings. The first-order valence-electron chi connectivity index (χ1n) is 14.1. The third-order valence-electron chi connectivity index (χ3n) is 7.75.